The molecule has 0 bridgehead atoms. The van der Waals surface area contributed by atoms with Crippen LogP contribution in [-0.2, 0) is 10.0 Å². The fourth-order valence-corrected chi connectivity index (χ4v) is 4.54. The Bertz CT molecular complexity index is 894. The second-order valence-electron chi connectivity index (χ2n) is 6.44. The zero-order valence-electron chi connectivity index (χ0n) is 16.5. The minimum atomic E-state index is -3.68. The fraction of sp³-hybridized carbons (Fsp3) is 0.421. The third kappa shape index (κ3) is 4.94. The second-order valence-corrected chi connectivity index (χ2v) is 8.78. The average Bonchev–Trinajstić information content (AvgIpc) is 3.16. The van der Waals surface area contributed by atoms with Crippen molar-refractivity contribution in [2.45, 2.75) is 24.8 Å². The van der Waals surface area contributed by atoms with Gasteiger partial charge in [0.25, 0.3) is 5.91 Å². The highest BCUT2D eigenvalue weighted by atomic mass is 35.5. The van der Waals surface area contributed by atoms with E-state index in [0.29, 0.717) is 18.8 Å². The number of furan rings is 1. The molecule has 0 aliphatic carbocycles. The lowest BCUT2D eigenvalue weighted by Crippen LogP contribution is -2.35. The molecule has 0 radical (unpaired) electrons. The molecule has 28 heavy (non-hydrogen) atoms. The standard InChI is InChI=1S/C19H26ClN3O4S/c1-5-23(6-2)28(25,26)14-9-10-16(20)15(12-14)19(24)21-13-17(22(3)4)18-8-7-11-27-18/h7-12,17H,5-6,13H2,1-4H3,(H,21,24). The number of likely N-dealkylation sites (N-methyl/N-ethyl adjacent to an activating group) is 1. The summed E-state index contributed by atoms with van der Waals surface area (Å²) in [5, 5.41) is 3.00. The first-order valence-electron chi connectivity index (χ1n) is 9.00. The summed E-state index contributed by atoms with van der Waals surface area (Å²) < 4.78 is 32.2. The van der Waals surface area contributed by atoms with Crippen LogP contribution in [-0.4, -0.2) is 57.3 Å². The van der Waals surface area contributed by atoms with E-state index in [0.717, 1.165) is 0 Å². The maximum absolute atomic E-state index is 12.7. The van der Waals surface area contributed by atoms with Crippen molar-refractivity contribution in [3.63, 3.8) is 0 Å². The quantitative estimate of drug-likeness (QED) is 0.665. The number of rotatable bonds is 9. The third-order valence-corrected chi connectivity index (χ3v) is 6.85. The Kier molecular flexibility index (Phi) is 7.65. The van der Waals surface area contributed by atoms with E-state index in [4.69, 9.17) is 16.0 Å². The minimum absolute atomic E-state index is 0.0425. The lowest BCUT2D eigenvalue weighted by molar-refractivity contribution is 0.0939. The smallest absolute Gasteiger partial charge is 0.252 e. The second kappa shape index (κ2) is 9.56. The van der Waals surface area contributed by atoms with Crippen LogP contribution in [0.25, 0.3) is 0 Å². The molecule has 1 heterocycles. The van der Waals surface area contributed by atoms with E-state index in [1.807, 2.05) is 25.1 Å². The summed E-state index contributed by atoms with van der Waals surface area (Å²) >= 11 is 6.17. The number of carbonyl (C=O) groups excluding carboxylic acids is 1. The Hall–Kier alpha value is -1.87. The maximum atomic E-state index is 12.7. The van der Waals surface area contributed by atoms with E-state index in [-0.39, 0.29) is 28.1 Å². The molecule has 7 nitrogen and oxygen atoms in total. The zero-order chi connectivity index (χ0) is 20.9. The number of hydrogen-bond donors (Lipinski definition) is 1. The van der Waals surface area contributed by atoms with Crippen LogP contribution >= 0.6 is 11.6 Å². The van der Waals surface area contributed by atoms with Crippen molar-refractivity contribution < 1.29 is 17.6 Å². The van der Waals surface area contributed by atoms with Crippen molar-refractivity contribution >= 4 is 27.5 Å². The molecule has 0 fully saturated rings. The molecule has 0 saturated heterocycles. The number of amides is 1. The van der Waals surface area contributed by atoms with Crippen LogP contribution in [0.4, 0.5) is 0 Å². The molecule has 2 rings (SSSR count). The topological polar surface area (TPSA) is 82.9 Å². The van der Waals surface area contributed by atoms with Gasteiger partial charge in [-0.05, 0) is 44.4 Å². The van der Waals surface area contributed by atoms with Crippen LogP contribution in [0.3, 0.4) is 0 Å². The third-order valence-electron chi connectivity index (χ3n) is 4.48. The average molecular weight is 428 g/mol. The van der Waals surface area contributed by atoms with Gasteiger partial charge in [-0.2, -0.15) is 4.31 Å². The van der Waals surface area contributed by atoms with Gasteiger partial charge in [0.15, 0.2) is 0 Å². The van der Waals surface area contributed by atoms with E-state index in [1.165, 1.54) is 22.5 Å². The molecule has 1 N–H and O–H groups in total. The predicted octanol–water partition coefficient (Wildman–Crippen LogP) is 3.00. The summed E-state index contributed by atoms with van der Waals surface area (Å²) in [4.78, 5) is 14.7. The van der Waals surface area contributed by atoms with E-state index >= 15 is 0 Å². The number of nitrogens with one attached hydrogen (secondary N) is 1. The van der Waals surface area contributed by atoms with E-state index in [2.05, 4.69) is 5.32 Å². The number of hydrogen-bond acceptors (Lipinski definition) is 5. The zero-order valence-corrected chi connectivity index (χ0v) is 18.0. The van der Waals surface area contributed by atoms with Crippen molar-refractivity contribution in [1.29, 1.82) is 0 Å². The van der Waals surface area contributed by atoms with Crippen LogP contribution in [0.2, 0.25) is 5.02 Å². The van der Waals surface area contributed by atoms with Gasteiger partial charge >= 0.3 is 0 Å². The van der Waals surface area contributed by atoms with Gasteiger partial charge in [-0.25, -0.2) is 8.42 Å². The molecule has 0 spiro atoms. The summed E-state index contributed by atoms with van der Waals surface area (Å²) in [5.41, 5.74) is 0.117. The molecule has 1 aromatic carbocycles. The molecule has 0 aliphatic heterocycles. The van der Waals surface area contributed by atoms with Gasteiger partial charge in [0, 0.05) is 19.6 Å². The summed E-state index contributed by atoms with van der Waals surface area (Å²) in [6.45, 7) is 4.50. The highest BCUT2D eigenvalue weighted by Crippen LogP contribution is 2.24. The predicted molar refractivity (Wildman–Crippen MR) is 109 cm³/mol. The Labute approximate surface area is 171 Å². The summed E-state index contributed by atoms with van der Waals surface area (Å²) in [7, 11) is 0.0745. The molecular weight excluding hydrogens is 402 g/mol. The van der Waals surface area contributed by atoms with E-state index in [1.54, 1.807) is 26.2 Å². The van der Waals surface area contributed by atoms with Crippen LogP contribution in [0.5, 0.6) is 0 Å². The van der Waals surface area contributed by atoms with Gasteiger partial charge < -0.3 is 9.73 Å². The summed E-state index contributed by atoms with van der Waals surface area (Å²) in [6, 6.07) is 7.62. The Morgan fingerprint density at radius 2 is 1.89 bits per heavy atom. The van der Waals surface area contributed by atoms with Gasteiger partial charge in [0.05, 0.1) is 27.8 Å². The van der Waals surface area contributed by atoms with Gasteiger partial charge in [-0.15, -0.1) is 0 Å². The largest absolute Gasteiger partial charge is 0.468 e. The highest BCUT2D eigenvalue weighted by Gasteiger charge is 2.24. The van der Waals surface area contributed by atoms with Crippen molar-refractivity contribution in [2.75, 3.05) is 33.7 Å². The lowest BCUT2D eigenvalue weighted by Gasteiger charge is -2.23. The van der Waals surface area contributed by atoms with Crippen molar-refractivity contribution in [3.05, 3.63) is 52.9 Å². The number of carbonyl (C=O) groups is 1. The van der Waals surface area contributed by atoms with Gasteiger partial charge in [0.2, 0.25) is 10.0 Å². The lowest BCUT2D eigenvalue weighted by atomic mass is 10.1. The molecule has 1 amide bonds. The Balaban J connectivity index is 2.24. The first-order chi connectivity index (χ1) is 13.2. The van der Waals surface area contributed by atoms with Crippen molar-refractivity contribution in [1.82, 2.24) is 14.5 Å². The van der Waals surface area contributed by atoms with Crippen LogP contribution in [0.15, 0.2) is 45.9 Å². The maximum Gasteiger partial charge on any atom is 0.252 e. The van der Waals surface area contributed by atoms with Gasteiger partial charge in [-0.1, -0.05) is 25.4 Å². The Morgan fingerprint density at radius 1 is 1.21 bits per heavy atom. The molecule has 0 aliphatic rings. The normalized spacial score (nSPS) is 13.1. The van der Waals surface area contributed by atoms with Crippen molar-refractivity contribution in [2.24, 2.45) is 0 Å². The van der Waals surface area contributed by atoms with Crippen LogP contribution < -0.4 is 5.32 Å². The number of benzene rings is 1. The molecule has 1 aromatic heterocycles. The van der Waals surface area contributed by atoms with Gasteiger partial charge in [0.1, 0.15) is 5.76 Å². The number of sulfonamides is 1. The molecule has 154 valence electrons. The monoisotopic (exact) mass is 427 g/mol. The number of halogens is 1. The molecule has 0 saturated carbocycles. The number of nitrogens with zero attached hydrogens (tertiary/aromatic N) is 2. The SMILES string of the molecule is CCN(CC)S(=O)(=O)c1ccc(Cl)c(C(=O)NCC(c2ccco2)N(C)C)c1. The van der Waals surface area contributed by atoms with Crippen LogP contribution in [0, 0.1) is 0 Å². The summed E-state index contributed by atoms with van der Waals surface area (Å²) in [5.74, 6) is 0.272. The van der Waals surface area contributed by atoms with Crippen molar-refractivity contribution in [3.8, 4) is 0 Å². The molecule has 2 aromatic rings. The summed E-state index contributed by atoms with van der Waals surface area (Å²) in [6.07, 6.45) is 1.58. The molecule has 9 heteroatoms. The molecule has 1 atom stereocenters. The van der Waals surface area contributed by atoms with E-state index < -0.39 is 15.9 Å². The Morgan fingerprint density at radius 3 is 2.43 bits per heavy atom. The molecular formula is C19H26ClN3O4S. The highest BCUT2D eigenvalue weighted by molar-refractivity contribution is 7.89. The molecule has 1 unspecified atom stereocenters. The van der Waals surface area contributed by atoms with Gasteiger partial charge in [-0.3, -0.25) is 9.69 Å². The van der Waals surface area contributed by atoms with Crippen LogP contribution in [0.1, 0.15) is 36.0 Å². The first-order valence-corrected chi connectivity index (χ1v) is 10.8. The first kappa shape index (κ1) is 22.4. The minimum Gasteiger partial charge on any atom is -0.468 e. The fourth-order valence-electron chi connectivity index (χ4n) is 2.85. The van der Waals surface area contributed by atoms with E-state index in [9.17, 15) is 13.2 Å².